The largest absolute Gasteiger partial charge is 0.467 e. The molecule has 0 unspecified atom stereocenters. The molecular formula is C15H19NO4. The van der Waals surface area contributed by atoms with Crippen LogP contribution >= 0.6 is 0 Å². The second-order valence-electron chi connectivity index (χ2n) is 5.64. The molecule has 1 spiro atoms. The minimum Gasteiger partial charge on any atom is -0.467 e. The van der Waals surface area contributed by atoms with Crippen molar-refractivity contribution in [1.29, 1.82) is 0 Å². The van der Waals surface area contributed by atoms with Crippen molar-refractivity contribution in [2.24, 2.45) is 0 Å². The lowest BCUT2D eigenvalue weighted by Crippen LogP contribution is -2.54. The molecule has 1 aliphatic carbocycles. The van der Waals surface area contributed by atoms with Gasteiger partial charge in [0.15, 0.2) is 0 Å². The number of rotatable bonds is 2. The Bertz CT molecular complexity index is 540. The number of carbonyl (C=O) groups excluding carboxylic acids is 2. The van der Waals surface area contributed by atoms with Crippen molar-refractivity contribution in [1.82, 2.24) is 5.32 Å². The van der Waals surface area contributed by atoms with Gasteiger partial charge < -0.3 is 14.5 Å². The van der Waals surface area contributed by atoms with E-state index in [1.807, 2.05) is 0 Å². The summed E-state index contributed by atoms with van der Waals surface area (Å²) < 4.78 is 10.4. The highest BCUT2D eigenvalue weighted by atomic mass is 16.5. The predicted molar refractivity (Wildman–Crippen MR) is 71.7 cm³/mol. The first kappa shape index (κ1) is 13.2. The summed E-state index contributed by atoms with van der Waals surface area (Å²) in [7, 11) is 0. The van der Waals surface area contributed by atoms with Gasteiger partial charge in [-0.25, -0.2) is 4.79 Å². The summed E-state index contributed by atoms with van der Waals surface area (Å²) in [5.41, 5.74) is 0.427. The molecule has 108 valence electrons. The summed E-state index contributed by atoms with van der Waals surface area (Å²) in [4.78, 5) is 24.2. The van der Waals surface area contributed by atoms with Crippen molar-refractivity contribution in [2.45, 2.75) is 51.0 Å². The van der Waals surface area contributed by atoms with Crippen LogP contribution in [0.4, 0.5) is 0 Å². The Morgan fingerprint density at radius 2 is 2.15 bits per heavy atom. The van der Waals surface area contributed by atoms with Gasteiger partial charge in [-0.2, -0.15) is 0 Å². The van der Waals surface area contributed by atoms with Crippen LogP contribution in [-0.4, -0.2) is 24.0 Å². The maximum absolute atomic E-state index is 12.4. The van der Waals surface area contributed by atoms with Gasteiger partial charge in [0.05, 0.1) is 12.2 Å². The fraction of sp³-hybridized carbons (Fsp3) is 0.600. The summed E-state index contributed by atoms with van der Waals surface area (Å²) in [5, 5.41) is 3.10. The van der Waals surface area contributed by atoms with E-state index in [1.165, 1.54) is 12.7 Å². The Kier molecular flexibility index (Phi) is 3.28. The first-order chi connectivity index (χ1) is 9.65. The first-order valence-corrected chi connectivity index (χ1v) is 7.25. The zero-order valence-electron chi connectivity index (χ0n) is 11.7. The fourth-order valence-electron chi connectivity index (χ4n) is 3.32. The van der Waals surface area contributed by atoms with Crippen LogP contribution in [0.5, 0.6) is 0 Å². The van der Waals surface area contributed by atoms with E-state index in [2.05, 4.69) is 5.32 Å². The SMILES string of the molecule is CCOC(=O)c1coc2c1C(=O)NC1(CCCCC1)C2. The van der Waals surface area contributed by atoms with E-state index in [-0.39, 0.29) is 23.6 Å². The number of fused-ring (bicyclic) bond motifs is 1. The molecule has 1 aromatic rings. The predicted octanol–water partition coefficient (Wildman–Crippen LogP) is 2.45. The summed E-state index contributed by atoms with van der Waals surface area (Å²) >= 11 is 0. The van der Waals surface area contributed by atoms with E-state index in [0.29, 0.717) is 17.7 Å². The summed E-state index contributed by atoms with van der Waals surface area (Å²) in [5.74, 6) is -0.0732. The Balaban J connectivity index is 1.91. The maximum atomic E-state index is 12.4. The Labute approximate surface area is 117 Å². The molecular weight excluding hydrogens is 258 g/mol. The van der Waals surface area contributed by atoms with Crippen LogP contribution < -0.4 is 5.32 Å². The topological polar surface area (TPSA) is 68.5 Å². The average molecular weight is 277 g/mol. The van der Waals surface area contributed by atoms with Gasteiger partial charge in [0.2, 0.25) is 0 Å². The third-order valence-corrected chi connectivity index (χ3v) is 4.28. The molecule has 2 heterocycles. The molecule has 1 aromatic heterocycles. The highest BCUT2D eigenvalue weighted by molar-refractivity contribution is 6.07. The van der Waals surface area contributed by atoms with Crippen LogP contribution in [0.3, 0.4) is 0 Å². The second-order valence-corrected chi connectivity index (χ2v) is 5.64. The highest BCUT2D eigenvalue weighted by Crippen LogP contribution is 2.36. The number of ether oxygens (including phenoxy) is 1. The van der Waals surface area contributed by atoms with Gasteiger partial charge in [-0.1, -0.05) is 19.3 Å². The molecule has 1 saturated carbocycles. The van der Waals surface area contributed by atoms with Crippen LogP contribution in [0.25, 0.3) is 0 Å². The van der Waals surface area contributed by atoms with E-state index < -0.39 is 5.97 Å². The van der Waals surface area contributed by atoms with Crippen molar-refractivity contribution in [3.63, 3.8) is 0 Å². The van der Waals surface area contributed by atoms with Crippen molar-refractivity contribution in [3.8, 4) is 0 Å². The van der Waals surface area contributed by atoms with Crippen molar-refractivity contribution >= 4 is 11.9 Å². The Morgan fingerprint density at radius 3 is 2.85 bits per heavy atom. The highest BCUT2D eigenvalue weighted by Gasteiger charge is 2.42. The molecule has 5 nitrogen and oxygen atoms in total. The van der Waals surface area contributed by atoms with E-state index in [1.54, 1.807) is 6.92 Å². The monoisotopic (exact) mass is 277 g/mol. The van der Waals surface area contributed by atoms with E-state index >= 15 is 0 Å². The van der Waals surface area contributed by atoms with Crippen LogP contribution in [0.1, 0.15) is 65.5 Å². The third-order valence-electron chi connectivity index (χ3n) is 4.28. The van der Waals surface area contributed by atoms with Gasteiger partial charge in [-0.15, -0.1) is 0 Å². The number of furan rings is 1. The molecule has 0 saturated heterocycles. The number of carbonyl (C=O) groups is 2. The zero-order valence-corrected chi connectivity index (χ0v) is 11.7. The van der Waals surface area contributed by atoms with E-state index in [9.17, 15) is 9.59 Å². The van der Waals surface area contributed by atoms with Crippen molar-refractivity contribution in [3.05, 3.63) is 23.2 Å². The molecule has 0 radical (unpaired) electrons. The molecule has 1 aliphatic heterocycles. The minimum absolute atomic E-state index is 0.174. The van der Waals surface area contributed by atoms with Crippen LogP contribution in [0.15, 0.2) is 10.7 Å². The zero-order chi connectivity index (χ0) is 14.2. The molecule has 0 atom stereocenters. The number of nitrogens with one attached hydrogen (secondary N) is 1. The lowest BCUT2D eigenvalue weighted by atomic mass is 9.76. The van der Waals surface area contributed by atoms with E-state index in [4.69, 9.17) is 9.15 Å². The lowest BCUT2D eigenvalue weighted by Gasteiger charge is -2.40. The van der Waals surface area contributed by atoms with Crippen LogP contribution in [0, 0.1) is 0 Å². The minimum atomic E-state index is -0.493. The summed E-state index contributed by atoms with van der Waals surface area (Å²) in [6, 6.07) is 0. The number of esters is 1. The number of amides is 1. The molecule has 3 rings (SSSR count). The smallest absolute Gasteiger partial charge is 0.342 e. The van der Waals surface area contributed by atoms with Crippen molar-refractivity contribution < 1.29 is 18.7 Å². The molecule has 0 aromatic carbocycles. The van der Waals surface area contributed by atoms with Gasteiger partial charge in [0.1, 0.15) is 17.6 Å². The van der Waals surface area contributed by atoms with Crippen LogP contribution in [0.2, 0.25) is 0 Å². The summed E-state index contributed by atoms with van der Waals surface area (Å²) in [6.07, 6.45) is 7.46. The lowest BCUT2D eigenvalue weighted by molar-refractivity contribution is 0.0520. The quantitative estimate of drug-likeness (QED) is 0.843. The van der Waals surface area contributed by atoms with Gasteiger partial charge in [0, 0.05) is 12.0 Å². The van der Waals surface area contributed by atoms with Gasteiger partial charge in [-0.3, -0.25) is 4.79 Å². The molecule has 2 aliphatic rings. The van der Waals surface area contributed by atoms with Crippen molar-refractivity contribution in [2.75, 3.05) is 6.61 Å². The average Bonchev–Trinajstić information content (AvgIpc) is 2.83. The second kappa shape index (κ2) is 4.96. The number of hydrogen-bond acceptors (Lipinski definition) is 4. The van der Waals surface area contributed by atoms with E-state index in [0.717, 1.165) is 25.7 Å². The maximum Gasteiger partial charge on any atom is 0.342 e. The molecule has 5 heteroatoms. The standard InChI is InChI=1S/C15H19NO4/c1-2-19-14(18)10-9-20-11-8-15(6-4-3-5-7-15)16-13(17)12(10)11/h9H,2-8H2,1H3,(H,16,17). The Morgan fingerprint density at radius 1 is 1.40 bits per heavy atom. The first-order valence-electron chi connectivity index (χ1n) is 7.25. The third kappa shape index (κ3) is 2.11. The normalized spacial score (nSPS) is 20.4. The molecule has 1 N–H and O–H groups in total. The molecule has 1 amide bonds. The summed E-state index contributed by atoms with van der Waals surface area (Å²) in [6.45, 7) is 2.02. The Hall–Kier alpha value is -1.78. The molecule has 20 heavy (non-hydrogen) atoms. The fourth-order valence-corrected chi connectivity index (χ4v) is 3.32. The van der Waals surface area contributed by atoms with Gasteiger partial charge in [-0.05, 0) is 19.8 Å². The van der Waals surface area contributed by atoms with Gasteiger partial charge in [0.25, 0.3) is 5.91 Å². The van der Waals surface area contributed by atoms with Gasteiger partial charge >= 0.3 is 5.97 Å². The molecule has 0 bridgehead atoms. The molecule has 1 fully saturated rings. The van der Waals surface area contributed by atoms with Crippen LogP contribution in [-0.2, 0) is 11.2 Å². The number of hydrogen-bond donors (Lipinski definition) is 1.